The van der Waals surface area contributed by atoms with Gasteiger partial charge in [0, 0.05) is 12.8 Å². The van der Waals surface area contributed by atoms with Crippen molar-refractivity contribution in [2.75, 3.05) is 54.4 Å². The zero-order chi connectivity index (χ0) is 30.8. The molecule has 0 spiro atoms. The lowest BCUT2D eigenvalue weighted by Crippen LogP contribution is -2.40. The summed E-state index contributed by atoms with van der Waals surface area (Å²) in [7, 11) is 9.34. The summed E-state index contributed by atoms with van der Waals surface area (Å²) in [5.74, 6) is 0. The average molecular weight is 575 g/mol. The fourth-order valence-corrected chi connectivity index (χ4v) is 6.92. The van der Waals surface area contributed by atoms with Gasteiger partial charge in [0.25, 0.3) is 0 Å². The Morgan fingerprint density at radius 2 is 0.884 bits per heavy atom. The molecule has 0 unspecified atom stereocenters. The van der Waals surface area contributed by atoms with Gasteiger partial charge in [0.1, 0.15) is 0 Å². The van der Waals surface area contributed by atoms with Gasteiger partial charge < -0.3 is 8.97 Å². The second-order valence-electron chi connectivity index (χ2n) is 14.4. The second kappa shape index (κ2) is 12.4. The first-order chi connectivity index (χ1) is 20.5. The molecular weight excluding hydrogens is 520 g/mol. The van der Waals surface area contributed by atoms with Gasteiger partial charge in [-0.25, -0.2) is 0 Å². The molecule has 43 heavy (non-hydrogen) atoms. The largest absolute Gasteiger partial charge is 0.329 e. The van der Waals surface area contributed by atoms with E-state index in [0.717, 1.165) is 21.8 Å². The minimum atomic E-state index is -0.331. The van der Waals surface area contributed by atoms with Crippen LogP contribution < -0.4 is 0 Å². The minimum Gasteiger partial charge on any atom is -0.329 e. The van der Waals surface area contributed by atoms with E-state index in [1.165, 1.54) is 94.7 Å². The molecule has 5 rings (SSSR count). The van der Waals surface area contributed by atoms with Gasteiger partial charge in [-0.2, -0.15) is 0 Å². The molecule has 2 nitrogen and oxygen atoms in total. The van der Waals surface area contributed by atoms with E-state index in [9.17, 15) is 0 Å². The van der Waals surface area contributed by atoms with E-state index in [1.807, 2.05) is 0 Å². The van der Waals surface area contributed by atoms with E-state index in [2.05, 4.69) is 141 Å². The molecule has 0 aromatic heterocycles. The molecule has 1 aliphatic rings. The third kappa shape index (κ3) is 6.37. The van der Waals surface area contributed by atoms with Crippen LogP contribution in [0.3, 0.4) is 0 Å². The van der Waals surface area contributed by atoms with E-state index < -0.39 is 0 Å². The molecule has 0 amide bonds. The van der Waals surface area contributed by atoms with Crippen LogP contribution in [0.15, 0.2) is 84.9 Å². The molecule has 0 saturated carbocycles. The fourth-order valence-electron chi connectivity index (χ4n) is 6.92. The highest BCUT2D eigenvalue weighted by Gasteiger charge is 2.46. The smallest absolute Gasteiger partial charge is 0.0785 e. The Kier molecular flexibility index (Phi) is 9.02. The van der Waals surface area contributed by atoms with Gasteiger partial charge in [0.15, 0.2) is 0 Å². The first kappa shape index (κ1) is 31.2. The van der Waals surface area contributed by atoms with Crippen LogP contribution in [0.25, 0.3) is 11.1 Å². The van der Waals surface area contributed by atoms with Gasteiger partial charge >= 0.3 is 0 Å². The lowest BCUT2D eigenvalue weighted by Gasteiger charge is -2.34. The highest BCUT2D eigenvalue weighted by molar-refractivity contribution is 5.86. The van der Waals surface area contributed by atoms with Crippen molar-refractivity contribution >= 4 is 0 Å². The van der Waals surface area contributed by atoms with Gasteiger partial charge in [0.2, 0.25) is 0 Å². The number of quaternary nitrogens is 2. The SMILES string of the molecule is CC[N+](C)(C)CCCc1ccc(C2(c3ccc(CCC[N+](C)(C)CC)cc3)c3cc(C)ccc3-c3ccc(C)cc32)cc1. The van der Waals surface area contributed by atoms with Crippen LogP contribution in [0.2, 0.25) is 0 Å². The Bertz CT molecular complexity index is 1420. The molecule has 4 aromatic rings. The maximum atomic E-state index is 2.45. The van der Waals surface area contributed by atoms with Crippen molar-refractivity contribution < 1.29 is 8.97 Å². The summed E-state index contributed by atoms with van der Waals surface area (Å²) < 4.78 is 2.16. The molecule has 0 N–H and O–H groups in total. The van der Waals surface area contributed by atoms with Crippen molar-refractivity contribution in [2.24, 2.45) is 0 Å². The molecular formula is C41H54N2+2. The molecule has 1 aliphatic carbocycles. The molecule has 0 atom stereocenters. The van der Waals surface area contributed by atoms with E-state index in [4.69, 9.17) is 0 Å². The van der Waals surface area contributed by atoms with E-state index >= 15 is 0 Å². The van der Waals surface area contributed by atoms with Crippen molar-refractivity contribution in [3.8, 4) is 11.1 Å². The van der Waals surface area contributed by atoms with Crippen LogP contribution in [-0.4, -0.2) is 63.3 Å². The predicted octanol–water partition coefficient (Wildman–Crippen LogP) is 8.72. The summed E-state index contributed by atoms with van der Waals surface area (Å²) in [5, 5.41) is 0. The minimum absolute atomic E-state index is 0.331. The number of rotatable bonds is 12. The topological polar surface area (TPSA) is 0 Å². The predicted molar refractivity (Wildman–Crippen MR) is 185 cm³/mol. The quantitative estimate of drug-likeness (QED) is 0.131. The van der Waals surface area contributed by atoms with E-state index in [-0.39, 0.29) is 5.41 Å². The second-order valence-corrected chi connectivity index (χ2v) is 14.4. The average Bonchev–Trinajstić information content (AvgIpc) is 3.27. The number of benzene rings is 4. The molecule has 0 radical (unpaired) electrons. The maximum absolute atomic E-state index is 2.45. The zero-order valence-corrected chi connectivity index (χ0v) is 28.1. The Morgan fingerprint density at radius 3 is 1.23 bits per heavy atom. The lowest BCUT2D eigenvalue weighted by atomic mass is 9.67. The zero-order valence-electron chi connectivity index (χ0n) is 28.1. The van der Waals surface area contributed by atoms with Crippen LogP contribution in [0.1, 0.15) is 71.2 Å². The Balaban J connectivity index is 1.57. The standard InChI is InChI=1S/C41H54N2/c1-9-42(5,6)27-11-13-33-17-21-35(22-18-33)41(36-23-19-34(20-24-36)14-12-28-43(7,8)10-2)39-29-31(3)15-25-37(39)38-26-16-32(4)30-40(38)41/h15-26,29-30H,9-14,27-28H2,1-8H3/q+2. The van der Waals surface area contributed by atoms with Crippen molar-refractivity contribution in [1.29, 1.82) is 0 Å². The third-order valence-electron chi connectivity index (χ3n) is 10.4. The number of nitrogens with zero attached hydrogens (tertiary/aromatic N) is 2. The molecule has 0 bridgehead atoms. The van der Waals surface area contributed by atoms with Gasteiger partial charge in [-0.3, -0.25) is 0 Å². The number of aryl methyl sites for hydroxylation is 4. The molecule has 0 heterocycles. The highest BCUT2D eigenvalue weighted by atomic mass is 15.3. The van der Waals surface area contributed by atoms with Crippen molar-refractivity contribution in [3.05, 3.63) is 129 Å². The summed E-state index contributed by atoms with van der Waals surface area (Å²) >= 11 is 0. The fraction of sp³-hybridized carbons (Fsp3) is 0.415. The van der Waals surface area contributed by atoms with Crippen LogP contribution in [-0.2, 0) is 18.3 Å². The van der Waals surface area contributed by atoms with Crippen LogP contribution in [0, 0.1) is 13.8 Å². The molecule has 226 valence electrons. The first-order valence-corrected chi connectivity index (χ1v) is 16.5. The summed E-state index contributed by atoms with van der Waals surface area (Å²) in [5.41, 5.74) is 13.5. The Hall–Kier alpha value is -3.20. The monoisotopic (exact) mass is 574 g/mol. The summed E-state index contributed by atoms with van der Waals surface area (Å²) in [6.07, 6.45) is 4.68. The Labute approximate surface area is 262 Å². The summed E-state index contributed by atoms with van der Waals surface area (Å²) in [4.78, 5) is 0. The maximum Gasteiger partial charge on any atom is 0.0785 e. The molecule has 4 aromatic carbocycles. The van der Waals surface area contributed by atoms with E-state index in [1.54, 1.807) is 0 Å². The highest BCUT2D eigenvalue weighted by Crippen LogP contribution is 2.56. The van der Waals surface area contributed by atoms with Gasteiger partial charge in [0.05, 0.1) is 59.8 Å². The van der Waals surface area contributed by atoms with Crippen molar-refractivity contribution in [3.63, 3.8) is 0 Å². The number of hydrogen-bond acceptors (Lipinski definition) is 0. The molecule has 2 heteroatoms. The number of hydrogen-bond donors (Lipinski definition) is 0. The Morgan fingerprint density at radius 1 is 0.512 bits per heavy atom. The van der Waals surface area contributed by atoms with Crippen LogP contribution in [0.4, 0.5) is 0 Å². The first-order valence-electron chi connectivity index (χ1n) is 16.5. The van der Waals surface area contributed by atoms with Crippen molar-refractivity contribution in [1.82, 2.24) is 0 Å². The van der Waals surface area contributed by atoms with Crippen molar-refractivity contribution in [2.45, 2.75) is 58.8 Å². The normalized spacial score (nSPS) is 14.0. The van der Waals surface area contributed by atoms with Gasteiger partial charge in [-0.1, -0.05) is 96.1 Å². The third-order valence-corrected chi connectivity index (χ3v) is 10.4. The van der Waals surface area contributed by atoms with Gasteiger partial charge in [-0.05, 0) is 85.0 Å². The van der Waals surface area contributed by atoms with E-state index in [0.29, 0.717) is 0 Å². The molecule has 0 fully saturated rings. The lowest BCUT2D eigenvalue weighted by molar-refractivity contribution is -0.888. The molecule has 0 saturated heterocycles. The molecule has 0 aliphatic heterocycles. The summed E-state index contributed by atoms with van der Waals surface area (Å²) in [6.45, 7) is 13.8. The summed E-state index contributed by atoms with van der Waals surface area (Å²) in [6, 6.07) is 33.4. The van der Waals surface area contributed by atoms with Crippen LogP contribution in [0.5, 0.6) is 0 Å². The number of fused-ring (bicyclic) bond motifs is 3. The van der Waals surface area contributed by atoms with Gasteiger partial charge in [-0.15, -0.1) is 0 Å². The van der Waals surface area contributed by atoms with Crippen LogP contribution >= 0.6 is 0 Å².